The van der Waals surface area contributed by atoms with E-state index in [9.17, 15) is 18.0 Å². The highest BCUT2D eigenvalue weighted by molar-refractivity contribution is 7.89. The molecule has 198 valence electrons. The van der Waals surface area contributed by atoms with E-state index in [1.807, 2.05) is 42.5 Å². The fraction of sp³-hybridized carbons (Fsp3) is 0.133. The van der Waals surface area contributed by atoms with Crippen LogP contribution >= 0.6 is 0 Å². The van der Waals surface area contributed by atoms with Crippen LogP contribution in [0.2, 0.25) is 0 Å². The maximum Gasteiger partial charge on any atom is 0.343 e. The first kappa shape index (κ1) is 26.1. The maximum atomic E-state index is 13.1. The van der Waals surface area contributed by atoms with Gasteiger partial charge in [-0.1, -0.05) is 54.6 Å². The highest BCUT2D eigenvalue weighted by Gasteiger charge is 2.26. The first-order valence-electron chi connectivity index (χ1n) is 12.2. The molecule has 0 atom stereocenters. The quantitative estimate of drug-likeness (QED) is 0.186. The van der Waals surface area contributed by atoms with E-state index in [2.05, 4.69) is 0 Å². The lowest BCUT2D eigenvalue weighted by atomic mass is 10.0. The van der Waals surface area contributed by atoms with Crippen molar-refractivity contribution in [3.63, 3.8) is 0 Å². The second kappa shape index (κ2) is 10.4. The number of carbonyl (C=O) groups is 2. The Balaban J connectivity index is 1.63. The molecule has 0 bridgehead atoms. The number of hydrogen-bond acceptors (Lipinski definition) is 7. The molecule has 9 heteroatoms. The number of hydrogen-bond donors (Lipinski definition) is 0. The maximum absolute atomic E-state index is 13.1. The molecule has 0 amide bonds. The summed E-state index contributed by atoms with van der Waals surface area (Å²) in [5.74, 6) is -0.660. The molecule has 0 aliphatic carbocycles. The lowest BCUT2D eigenvalue weighted by molar-refractivity contribution is 0.0528. The molecule has 1 heterocycles. The average Bonchev–Trinajstić information content (AvgIpc) is 3.33. The Morgan fingerprint density at radius 1 is 0.821 bits per heavy atom. The van der Waals surface area contributed by atoms with E-state index in [1.54, 1.807) is 25.1 Å². The molecular formula is C30H25NO7S. The lowest BCUT2D eigenvalue weighted by Gasteiger charge is -2.12. The first-order valence-corrected chi connectivity index (χ1v) is 13.6. The SMILES string of the molecule is CCOC(=O)c1c(-c2ccccc2)oc2c1cc(OC(=O)c1ccc(S(=O)(=O)N(C)C)cc1)c1ccccc12. The fourth-order valence-electron chi connectivity index (χ4n) is 4.30. The van der Waals surface area contributed by atoms with Crippen molar-refractivity contribution in [2.24, 2.45) is 0 Å². The summed E-state index contributed by atoms with van der Waals surface area (Å²) in [5.41, 5.74) is 1.57. The van der Waals surface area contributed by atoms with Crippen LogP contribution in [0.5, 0.6) is 5.75 Å². The highest BCUT2D eigenvalue weighted by Crippen LogP contribution is 2.41. The van der Waals surface area contributed by atoms with Crippen molar-refractivity contribution in [1.29, 1.82) is 0 Å². The van der Waals surface area contributed by atoms with Gasteiger partial charge >= 0.3 is 11.9 Å². The number of furan rings is 1. The summed E-state index contributed by atoms with van der Waals surface area (Å²) in [4.78, 5) is 26.3. The van der Waals surface area contributed by atoms with Crippen molar-refractivity contribution in [3.8, 4) is 17.1 Å². The van der Waals surface area contributed by atoms with E-state index in [-0.39, 0.29) is 28.4 Å². The van der Waals surface area contributed by atoms with Gasteiger partial charge in [0.15, 0.2) is 0 Å². The number of nitrogens with zero attached hydrogens (tertiary/aromatic N) is 1. The van der Waals surface area contributed by atoms with Gasteiger partial charge < -0.3 is 13.9 Å². The molecule has 4 aromatic carbocycles. The van der Waals surface area contributed by atoms with Crippen LogP contribution in [0.4, 0.5) is 0 Å². The molecule has 0 N–H and O–H groups in total. The summed E-state index contributed by atoms with van der Waals surface area (Å²) in [6.07, 6.45) is 0. The summed E-state index contributed by atoms with van der Waals surface area (Å²) >= 11 is 0. The minimum Gasteiger partial charge on any atom is -0.462 e. The molecule has 0 aliphatic heterocycles. The number of esters is 2. The Hall–Kier alpha value is -4.47. The van der Waals surface area contributed by atoms with Crippen LogP contribution in [0.25, 0.3) is 33.1 Å². The van der Waals surface area contributed by atoms with E-state index in [1.165, 1.54) is 38.4 Å². The summed E-state index contributed by atoms with van der Waals surface area (Å²) in [7, 11) is -0.777. The summed E-state index contributed by atoms with van der Waals surface area (Å²) in [6.45, 7) is 1.90. The topological polar surface area (TPSA) is 103 Å². The number of sulfonamides is 1. The minimum absolute atomic E-state index is 0.0573. The van der Waals surface area contributed by atoms with Crippen molar-refractivity contribution in [1.82, 2.24) is 4.31 Å². The Morgan fingerprint density at radius 2 is 1.46 bits per heavy atom. The van der Waals surface area contributed by atoms with Gasteiger partial charge in [-0.05, 0) is 37.3 Å². The first-order chi connectivity index (χ1) is 18.7. The number of rotatable bonds is 7. The summed E-state index contributed by atoms with van der Waals surface area (Å²) in [6, 6.07) is 23.6. The van der Waals surface area contributed by atoms with Crippen LogP contribution in [0.1, 0.15) is 27.6 Å². The second-order valence-corrected chi connectivity index (χ2v) is 11.0. The molecule has 0 fully saturated rings. The van der Waals surface area contributed by atoms with Gasteiger partial charge in [0.2, 0.25) is 10.0 Å². The molecule has 0 spiro atoms. The lowest BCUT2D eigenvalue weighted by Crippen LogP contribution is -2.22. The summed E-state index contributed by atoms with van der Waals surface area (Å²) in [5, 5.41) is 1.70. The van der Waals surface area contributed by atoms with Crippen LogP contribution in [-0.4, -0.2) is 45.4 Å². The Labute approximate surface area is 225 Å². The van der Waals surface area contributed by atoms with E-state index in [0.29, 0.717) is 33.1 Å². The summed E-state index contributed by atoms with van der Waals surface area (Å²) < 4.78 is 43.3. The van der Waals surface area contributed by atoms with Gasteiger partial charge in [0.1, 0.15) is 22.7 Å². The van der Waals surface area contributed by atoms with Crippen molar-refractivity contribution >= 4 is 43.7 Å². The molecule has 1 aromatic heterocycles. The zero-order chi connectivity index (χ0) is 27.7. The van der Waals surface area contributed by atoms with Gasteiger partial charge in [-0.15, -0.1) is 0 Å². The molecule has 5 rings (SSSR count). The molecule has 5 aromatic rings. The van der Waals surface area contributed by atoms with Gasteiger partial charge in [-0.2, -0.15) is 0 Å². The predicted octanol–water partition coefficient (Wildman–Crippen LogP) is 5.90. The number of carbonyl (C=O) groups excluding carboxylic acids is 2. The Morgan fingerprint density at radius 3 is 2.10 bits per heavy atom. The number of ether oxygens (including phenoxy) is 2. The monoisotopic (exact) mass is 543 g/mol. The molecular weight excluding hydrogens is 518 g/mol. The standard InChI is InChI=1S/C30H25NO7S/c1-4-36-30(33)26-24-18-25(37-29(32)20-14-16-21(17-15-20)39(34,35)31(2)3)22-12-8-9-13-23(22)28(24)38-27(26)19-10-6-5-7-11-19/h5-18H,4H2,1-3H3. The van der Waals surface area contributed by atoms with Gasteiger partial charge in [-0.3, -0.25) is 0 Å². The Bertz CT molecular complexity index is 1810. The molecule has 0 saturated carbocycles. The third-order valence-corrected chi connectivity index (χ3v) is 8.07. The van der Waals surface area contributed by atoms with E-state index < -0.39 is 22.0 Å². The van der Waals surface area contributed by atoms with E-state index >= 15 is 0 Å². The van der Waals surface area contributed by atoms with Crippen LogP contribution < -0.4 is 4.74 Å². The van der Waals surface area contributed by atoms with Gasteiger partial charge in [0.05, 0.1) is 17.1 Å². The van der Waals surface area contributed by atoms with Crippen molar-refractivity contribution in [2.75, 3.05) is 20.7 Å². The smallest absolute Gasteiger partial charge is 0.343 e. The van der Waals surface area contributed by atoms with Crippen LogP contribution in [0.15, 0.2) is 94.2 Å². The van der Waals surface area contributed by atoms with Crippen molar-refractivity contribution in [3.05, 3.63) is 96.1 Å². The van der Waals surface area contributed by atoms with Gasteiger partial charge in [0.25, 0.3) is 0 Å². The van der Waals surface area contributed by atoms with Crippen LogP contribution in [0, 0.1) is 0 Å². The van der Waals surface area contributed by atoms with Crippen LogP contribution in [-0.2, 0) is 14.8 Å². The van der Waals surface area contributed by atoms with E-state index in [0.717, 1.165) is 4.31 Å². The molecule has 0 saturated heterocycles. The predicted molar refractivity (Wildman–Crippen MR) is 147 cm³/mol. The zero-order valence-electron chi connectivity index (χ0n) is 21.5. The molecule has 8 nitrogen and oxygen atoms in total. The number of fused-ring (bicyclic) bond motifs is 3. The largest absolute Gasteiger partial charge is 0.462 e. The van der Waals surface area contributed by atoms with Gasteiger partial charge in [0, 0.05) is 35.8 Å². The molecule has 0 unspecified atom stereocenters. The third-order valence-electron chi connectivity index (χ3n) is 6.24. The Kier molecular flexibility index (Phi) is 6.94. The van der Waals surface area contributed by atoms with E-state index in [4.69, 9.17) is 13.9 Å². The van der Waals surface area contributed by atoms with Crippen molar-refractivity contribution in [2.45, 2.75) is 11.8 Å². The molecule has 39 heavy (non-hydrogen) atoms. The fourth-order valence-corrected chi connectivity index (χ4v) is 5.20. The van der Waals surface area contributed by atoms with Gasteiger partial charge in [-0.25, -0.2) is 22.3 Å². The minimum atomic E-state index is -3.64. The second-order valence-electron chi connectivity index (χ2n) is 8.89. The van der Waals surface area contributed by atoms with Crippen LogP contribution in [0.3, 0.4) is 0 Å². The molecule has 0 radical (unpaired) electrons. The third kappa shape index (κ3) is 4.78. The van der Waals surface area contributed by atoms with Crippen molar-refractivity contribution < 1.29 is 31.9 Å². The molecule has 0 aliphatic rings. The normalized spacial score (nSPS) is 11.7. The number of benzene rings is 4. The highest BCUT2D eigenvalue weighted by atomic mass is 32.2. The zero-order valence-corrected chi connectivity index (χ0v) is 22.3. The average molecular weight is 544 g/mol.